The largest absolute Gasteiger partial charge is 0.378 e. The fourth-order valence-electron chi connectivity index (χ4n) is 3.21. The fraction of sp³-hybridized carbons (Fsp3) is 0.368. The van der Waals surface area contributed by atoms with Crippen molar-refractivity contribution >= 4 is 10.9 Å². The van der Waals surface area contributed by atoms with Gasteiger partial charge in [-0.1, -0.05) is 5.92 Å². The molecule has 0 amide bonds. The molecule has 1 fully saturated rings. The number of hydrogen-bond acceptors (Lipinski definition) is 4. The van der Waals surface area contributed by atoms with Crippen molar-refractivity contribution in [2.75, 3.05) is 20.1 Å². The summed E-state index contributed by atoms with van der Waals surface area (Å²) in [6.45, 7) is 5.40. The van der Waals surface area contributed by atoms with Gasteiger partial charge in [-0.3, -0.25) is 5.10 Å². The number of pyridine rings is 1. The van der Waals surface area contributed by atoms with Crippen LogP contribution in [0.5, 0.6) is 0 Å². The normalized spacial score (nSPS) is 15.8. The summed E-state index contributed by atoms with van der Waals surface area (Å²) in [5.74, 6) is 5.80. The van der Waals surface area contributed by atoms with Crippen LogP contribution < -0.4 is 0 Å². The van der Waals surface area contributed by atoms with Gasteiger partial charge in [-0.2, -0.15) is 5.10 Å². The van der Waals surface area contributed by atoms with Crippen molar-refractivity contribution in [3.63, 3.8) is 0 Å². The molecule has 0 aromatic carbocycles. The lowest BCUT2D eigenvalue weighted by molar-refractivity contribution is 0.143. The third-order valence-electron chi connectivity index (χ3n) is 4.46. The van der Waals surface area contributed by atoms with Gasteiger partial charge >= 0.3 is 0 Å². The molecular weight excluding hydrogens is 314 g/mol. The summed E-state index contributed by atoms with van der Waals surface area (Å²) in [6, 6.07) is 2.46. The molecule has 25 heavy (non-hydrogen) atoms. The minimum absolute atomic E-state index is 0.461. The lowest BCUT2D eigenvalue weighted by Gasteiger charge is -2.37. The third-order valence-corrected chi connectivity index (χ3v) is 4.46. The molecule has 0 saturated carbocycles. The van der Waals surface area contributed by atoms with E-state index in [0.29, 0.717) is 11.7 Å². The van der Waals surface area contributed by atoms with E-state index in [2.05, 4.69) is 49.7 Å². The summed E-state index contributed by atoms with van der Waals surface area (Å²) in [5.41, 5.74) is 2.88. The zero-order chi connectivity index (χ0) is 17.6. The van der Waals surface area contributed by atoms with Crippen molar-refractivity contribution in [2.24, 2.45) is 0 Å². The molecule has 0 atom stereocenters. The Morgan fingerprint density at radius 1 is 1.32 bits per heavy atom. The van der Waals surface area contributed by atoms with Crippen LogP contribution in [0.2, 0.25) is 0 Å². The third kappa shape index (κ3) is 3.04. The SMILES string of the molecule is CN1CC(n2cc(-c3cn[nH]c3)c3cc(C#CC(C)(C)O)ncc32)C1. The van der Waals surface area contributed by atoms with E-state index in [1.54, 1.807) is 13.8 Å². The molecule has 2 N–H and O–H groups in total. The van der Waals surface area contributed by atoms with Gasteiger partial charge in [0.1, 0.15) is 11.3 Å². The molecule has 128 valence electrons. The van der Waals surface area contributed by atoms with E-state index in [1.165, 1.54) is 0 Å². The Balaban J connectivity index is 1.84. The topological polar surface area (TPSA) is 70.0 Å². The van der Waals surface area contributed by atoms with Crippen LogP contribution in [0.15, 0.2) is 30.9 Å². The Morgan fingerprint density at radius 2 is 2.12 bits per heavy atom. The summed E-state index contributed by atoms with van der Waals surface area (Å²) in [4.78, 5) is 6.78. The second-order valence-electron chi connectivity index (χ2n) is 7.21. The van der Waals surface area contributed by atoms with Crippen LogP contribution in [0.1, 0.15) is 25.6 Å². The average molecular weight is 335 g/mol. The first kappa shape index (κ1) is 15.9. The standard InChI is InChI=1S/C19H21N5O/c1-19(2,25)5-4-14-6-16-17(13-7-21-22-8-13)12-24(18(16)9-20-14)15-10-23(3)11-15/h6-9,12,15,25H,10-11H2,1-3H3,(H,21,22). The van der Waals surface area contributed by atoms with Gasteiger partial charge in [0.2, 0.25) is 0 Å². The van der Waals surface area contributed by atoms with Crippen LogP contribution >= 0.6 is 0 Å². The highest BCUT2D eigenvalue weighted by Gasteiger charge is 2.27. The van der Waals surface area contributed by atoms with Crippen LogP contribution in [-0.4, -0.2) is 55.5 Å². The predicted octanol–water partition coefficient (Wildman–Crippen LogP) is 2.04. The number of aromatic amines is 1. The van der Waals surface area contributed by atoms with Gasteiger partial charge in [0, 0.05) is 42.0 Å². The number of aliphatic hydroxyl groups is 1. The second kappa shape index (κ2) is 5.73. The summed E-state index contributed by atoms with van der Waals surface area (Å²) in [7, 11) is 2.13. The van der Waals surface area contributed by atoms with Crippen LogP contribution in [0.4, 0.5) is 0 Å². The van der Waals surface area contributed by atoms with E-state index < -0.39 is 5.60 Å². The fourth-order valence-corrected chi connectivity index (χ4v) is 3.21. The van der Waals surface area contributed by atoms with Crippen molar-refractivity contribution in [2.45, 2.75) is 25.5 Å². The average Bonchev–Trinajstić information content (AvgIpc) is 3.16. The first-order valence-electron chi connectivity index (χ1n) is 8.34. The maximum absolute atomic E-state index is 9.82. The number of H-pyrrole nitrogens is 1. The van der Waals surface area contributed by atoms with Gasteiger partial charge in [0.05, 0.1) is 24.0 Å². The zero-order valence-corrected chi connectivity index (χ0v) is 14.6. The molecule has 0 spiro atoms. The number of aromatic nitrogens is 4. The number of fused-ring (bicyclic) bond motifs is 1. The van der Waals surface area contributed by atoms with E-state index in [1.807, 2.05) is 24.7 Å². The molecule has 3 aromatic rings. The lowest BCUT2D eigenvalue weighted by Crippen LogP contribution is -2.44. The summed E-state index contributed by atoms with van der Waals surface area (Å²) < 4.78 is 2.30. The zero-order valence-electron chi connectivity index (χ0n) is 14.6. The quantitative estimate of drug-likeness (QED) is 0.703. The Labute approximate surface area is 146 Å². The van der Waals surface area contributed by atoms with Crippen molar-refractivity contribution < 1.29 is 5.11 Å². The molecule has 1 aliphatic heterocycles. The number of nitrogens with one attached hydrogen (secondary N) is 1. The molecule has 1 aliphatic rings. The van der Waals surface area contributed by atoms with Crippen LogP contribution in [0.25, 0.3) is 22.0 Å². The summed E-state index contributed by atoms with van der Waals surface area (Å²) in [5, 5.41) is 17.9. The van der Waals surface area contributed by atoms with Gasteiger partial charge < -0.3 is 14.6 Å². The highest BCUT2D eigenvalue weighted by atomic mass is 16.3. The van der Waals surface area contributed by atoms with E-state index in [0.717, 1.165) is 35.1 Å². The van der Waals surface area contributed by atoms with Crippen LogP contribution in [-0.2, 0) is 0 Å². The van der Waals surface area contributed by atoms with Crippen LogP contribution in [0, 0.1) is 11.8 Å². The van der Waals surface area contributed by atoms with Crippen molar-refractivity contribution in [1.29, 1.82) is 0 Å². The molecule has 6 nitrogen and oxygen atoms in total. The predicted molar refractivity (Wildman–Crippen MR) is 97.0 cm³/mol. The number of likely N-dealkylation sites (tertiary alicyclic amines) is 1. The van der Waals surface area contributed by atoms with E-state index in [4.69, 9.17) is 0 Å². The van der Waals surface area contributed by atoms with E-state index in [-0.39, 0.29) is 0 Å². The Hall–Kier alpha value is -2.62. The molecule has 4 rings (SSSR count). The van der Waals surface area contributed by atoms with Gasteiger partial charge in [0.25, 0.3) is 0 Å². The highest BCUT2D eigenvalue weighted by molar-refractivity contribution is 5.96. The lowest BCUT2D eigenvalue weighted by atomic mass is 10.1. The molecule has 4 heterocycles. The number of rotatable bonds is 2. The number of likely N-dealkylation sites (N-methyl/N-ethyl adjacent to an activating group) is 1. The maximum Gasteiger partial charge on any atom is 0.120 e. The Bertz CT molecular complexity index is 963. The Morgan fingerprint density at radius 3 is 2.76 bits per heavy atom. The summed E-state index contributed by atoms with van der Waals surface area (Å²) in [6.07, 6.45) is 7.79. The maximum atomic E-state index is 9.82. The van der Waals surface area contributed by atoms with E-state index in [9.17, 15) is 5.11 Å². The minimum atomic E-state index is -1.04. The minimum Gasteiger partial charge on any atom is -0.378 e. The second-order valence-corrected chi connectivity index (χ2v) is 7.21. The van der Waals surface area contributed by atoms with Crippen molar-refractivity contribution in [3.8, 4) is 23.0 Å². The van der Waals surface area contributed by atoms with Gasteiger partial charge in [-0.25, -0.2) is 4.98 Å². The van der Waals surface area contributed by atoms with Gasteiger partial charge in [-0.15, -0.1) is 0 Å². The van der Waals surface area contributed by atoms with Gasteiger partial charge in [0.15, 0.2) is 0 Å². The molecule has 0 unspecified atom stereocenters. The molecule has 0 radical (unpaired) electrons. The Kier molecular flexibility index (Phi) is 3.64. The summed E-state index contributed by atoms with van der Waals surface area (Å²) >= 11 is 0. The highest BCUT2D eigenvalue weighted by Crippen LogP contribution is 2.34. The monoisotopic (exact) mass is 335 g/mol. The van der Waals surface area contributed by atoms with Crippen molar-refractivity contribution in [3.05, 3.63) is 36.5 Å². The smallest absolute Gasteiger partial charge is 0.120 e. The first-order chi connectivity index (χ1) is 11.9. The molecule has 0 bridgehead atoms. The molecule has 0 aliphatic carbocycles. The molecule has 6 heteroatoms. The van der Waals surface area contributed by atoms with E-state index >= 15 is 0 Å². The van der Waals surface area contributed by atoms with Crippen LogP contribution in [0.3, 0.4) is 0 Å². The molecular formula is C19H21N5O. The first-order valence-corrected chi connectivity index (χ1v) is 8.34. The number of nitrogens with zero attached hydrogens (tertiary/aromatic N) is 4. The molecule has 1 saturated heterocycles. The molecule has 3 aromatic heterocycles. The number of hydrogen-bond donors (Lipinski definition) is 2. The van der Waals surface area contributed by atoms with Crippen molar-refractivity contribution in [1.82, 2.24) is 24.6 Å². The van der Waals surface area contributed by atoms with Gasteiger partial charge in [-0.05, 0) is 32.9 Å².